The van der Waals surface area contributed by atoms with Crippen LogP contribution in [0.15, 0.2) is 12.4 Å². The van der Waals surface area contributed by atoms with Crippen LogP contribution in [0.1, 0.15) is 19.7 Å². The number of nitrogens with one attached hydrogen (secondary N) is 2. The van der Waals surface area contributed by atoms with Crippen LogP contribution in [-0.2, 0) is 11.2 Å². The van der Waals surface area contributed by atoms with Crippen LogP contribution in [-0.4, -0.2) is 28.5 Å². The summed E-state index contributed by atoms with van der Waals surface area (Å²) in [5.41, 5.74) is 5.68. The Morgan fingerprint density at radius 1 is 1.53 bits per heavy atom. The summed E-state index contributed by atoms with van der Waals surface area (Å²) in [7, 11) is 0. The van der Waals surface area contributed by atoms with Crippen LogP contribution in [0.4, 0.5) is 0 Å². The van der Waals surface area contributed by atoms with Crippen LogP contribution in [0.25, 0.3) is 0 Å². The first-order valence-electron chi connectivity index (χ1n) is 5.13. The van der Waals surface area contributed by atoms with E-state index in [1.807, 2.05) is 13.8 Å². The minimum Gasteiger partial charge on any atom is -0.354 e. The number of H-pyrrole nitrogens is 1. The molecule has 7 heteroatoms. The molecule has 0 saturated heterocycles. The molecule has 1 unspecified atom stereocenters. The molecule has 17 heavy (non-hydrogen) atoms. The van der Waals surface area contributed by atoms with Crippen molar-refractivity contribution in [2.75, 3.05) is 6.54 Å². The van der Waals surface area contributed by atoms with Crippen molar-refractivity contribution in [3.63, 3.8) is 0 Å². The Balaban J connectivity index is 0. The molecular weight excluding hydrogens is 263 g/mol. The number of carbonyl (C=O) groups is 1. The third-order valence-corrected chi connectivity index (χ3v) is 2.24. The molecule has 100 valence electrons. The second-order valence-corrected chi connectivity index (χ2v) is 3.85. The maximum atomic E-state index is 11.4. The van der Waals surface area contributed by atoms with Gasteiger partial charge in [-0.15, -0.1) is 24.8 Å². The van der Waals surface area contributed by atoms with Crippen molar-refractivity contribution in [3.05, 3.63) is 18.2 Å². The maximum absolute atomic E-state index is 11.4. The lowest BCUT2D eigenvalue weighted by Gasteiger charge is -2.14. The summed E-state index contributed by atoms with van der Waals surface area (Å²) >= 11 is 0. The Kier molecular flexibility index (Phi) is 10.1. The van der Waals surface area contributed by atoms with Crippen molar-refractivity contribution in [1.29, 1.82) is 0 Å². The zero-order valence-corrected chi connectivity index (χ0v) is 11.6. The predicted molar refractivity (Wildman–Crippen MR) is 72.6 cm³/mol. The summed E-state index contributed by atoms with van der Waals surface area (Å²) in [6, 6.07) is -0.429. The number of hydrogen-bond donors (Lipinski definition) is 3. The number of imidazole rings is 1. The fourth-order valence-electron chi connectivity index (χ4n) is 1.16. The third-order valence-electron chi connectivity index (χ3n) is 2.24. The maximum Gasteiger partial charge on any atom is 0.237 e. The van der Waals surface area contributed by atoms with E-state index in [1.165, 1.54) is 0 Å². The first kappa shape index (κ1) is 18.6. The highest BCUT2D eigenvalue weighted by Crippen LogP contribution is 1.97. The molecule has 1 aromatic heterocycles. The third kappa shape index (κ3) is 6.51. The van der Waals surface area contributed by atoms with E-state index >= 15 is 0 Å². The van der Waals surface area contributed by atoms with Gasteiger partial charge >= 0.3 is 0 Å². The van der Waals surface area contributed by atoms with E-state index < -0.39 is 6.04 Å². The molecule has 1 amide bonds. The van der Waals surface area contributed by atoms with Crippen molar-refractivity contribution < 1.29 is 4.79 Å². The van der Waals surface area contributed by atoms with Gasteiger partial charge in [0.15, 0.2) is 0 Å². The molecular formula is C10H20Cl2N4O. The lowest BCUT2D eigenvalue weighted by Crippen LogP contribution is -2.44. The van der Waals surface area contributed by atoms with Crippen LogP contribution >= 0.6 is 24.8 Å². The molecule has 1 aromatic rings. The average Bonchev–Trinajstić information content (AvgIpc) is 2.69. The number of halogens is 2. The van der Waals surface area contributed by atoms with Crippen LogP contribution < -0.4 is 11.1 Å². The second kappa shape index (κ2) is 9.27. The number of aromatic nitrogens is 2. The Morgan fingerprint density at radius 2 is 2.18 bits per heavy atom. The van der Waals surface area contributed by atoms with Gasteiger partial charge in [-0.2, -0.15) is 0 Å². The highest BCUT2D eigenvalue weighted by atomic mass is 35.5. The SMILES string of the molecule is CC(C)C(N)C(=O)NCCc1ncc[nH]1.Cl.Cl. The van der Waals surface area contributed by atoms with Gasteiger partial charge in [0.2, 0.25) is 5.91 Å². The first-order valence-corrected chi connectivity index (χ1v) is 5.13. The Morgan fingerprint density at radius 3 is 2.65 bits per heavy atom. The number of hydrogen-bond acceptors (Lipinski definition) is 3. The van der Waals surface area contributed by atoms with E-state index in [-0.39, 0.29) is 36.6 Å². The van der Waals surface area contributed by atoms with E-state index in [0.29, 0.717) is 13.0 Å². The van der Waals surface area contributed by atoms with Crippen molar-refractivity contribution in [1.82, 2.24) is 15.3 Å². The summed E-state index contributed by atoms with van der Waals surface area (Å²) in [4.78, 5) is 18.5. The minimum atomic E-state index is -0.429. The largest absolute Gasteiger partial charge is 0.354 e. The number of aromatic amines is 1. The zero-order chi connectivity index (χ0) is 11.3. The van der Waals surface area contributed by atoms with Crippen LogP contribution in [0.5, 0.6) is 0 Å². The summed E-state index contributed by atoms with van der Waals surface area (Å²) in [5.74, 6) is 0.929. The molecule has 0 aliphatic carbocycles. The normalized spacial score (nSPS) is 11.3. The van der Waals surface area contributed by atoms with Crippen LogP contribution in [0, 0.1) is 5.92 Å². The molecule has 0 aromatic carbocycles. The number of amides is 1. The first-order chi connectivity index (χ1) is 7.11. The molecule has 0 saturated carbocycles. The Hall–Kier alpha value is -0.780. The van der Waals surface area contributed by atoms with Crippen molar-refractivity contribution in [2.24, 2.45) is 11.7 Å². The van der Waals surface area contributed by atoms with Crippen molar-refractivity contribution in [3.8, 4) is 0 Å². The molecule has 0 radical (unpaired) electrons. The topological polar surface area (TPSA) is 83.8 Å². The van der Waals surface area contributed by atoms with E-state index in [1.54, 1.807) is 12.4 Å². The molecule has 4 N–H and O–H groups in total. The average molecular weight is 283 g/mol. The van der Waals surface area contributed by atoms with Crippen LogP contribution in [0.2, 0.25) is 0 Å². The molecule has 0 spiro atoms. The molecule has 0 aliphatic rings. The summed E-state index contributed by atoms with van der Waals surface area (Å²) in [6.45, 7) is 4.42. The van der Waals surface area contributed by atoms with E-state index in [2.05, 4.69) is 15.3 Å². The van der Waals surface area contributed by atoms with Gasteiger partial charge in [0.05, 0.1) is 6.04 Å². The molecule has 1 atom stereocenters. The van der Waals surface area contributed by atoms with E-state index in [4.69, 9.17) is 5.73 Å². The monoisotopic (exact) mass is 282 g/mol. The second-order valence-electron chi connectivity index (χ2n) is 3.85. The van der Waals surface area contributed by atoms with Gasteiger partial charge in [-0.25, -0.2) is 4.98 Å². The lowest BCUT2D eigenvalue weighted by molar-refractivity contribution is -0.123. The van der Waals surface area contributed by atoms with Gasteiger partial charge in [-0.05, 0) is 5.92 Å². The van der Waals surface area contributed by atoms with Crippen molar-refractivity contribution >= 4 is 30.7 Å². The summed E-state index contributed by atoms with van der Waals surface area (Å²) in [6.07, 6.45) is 4.15. The lowest BCUT2D eigenvalue weighted by atomic mass is 10.1. The van der Waals surface area contributed by atoms with Gasteiger partial charge in [-0.1, -0.05) is 13.8 Å². The molecule has 1 rings (SSSR count). The van der Waals surface area contributed by atoms with Gasteiger partial charge in [0.25, 0.3) is 0 Å². The molecule has 0 bridgehead atoms. The number of nitrogens with zero attached hydrogens (tertiary/aromatic N) is 1. The quantitative estimate of drug-likeness (QED) is 0.750. The highest BCUT2D eigenvalue weighted by Gasteiger charge is 2.16. The Labute approximate surface area is 114 Å². The van der Waals surface area contributed by atoms with Gasteiger partial charge in [-0.3, -0.25) is 4.79 Å². The Bertz CT molecular complexity index is 303. The molecule has 0 fully saturated rings. The number of carbonyl (C=O) groups excluding carboxylic acids is 1. The van der Waals surface area contributed by atoms with Gasteiger partial charge < -0.3 is 16.0 Å². The number of nitrogens with two attached hydrogens (primary N) is 1. The fourth-order valence-corrected chi connectivity index (χ4v) is 1.16. The highest BCUT2D eigenvalue weighted by molar-refractivity contribution is 5.85. The molecule has 1 heterocycles. The molecule has 0 aliphatic heterocycles. The molecule has 5 nitrogen and oxygen atoms in total. The summed E-state index contributed by atoms with van der Waals surface area (Å²) < 4.78 is 0. The number of rotatable bonds is 5. The van der Waals surface area contributed by atoms with E-state index in [9.17, 15) is 4.79 Å². The smallest absolute Gasteiger partial charge is 0.237 e. The predicted octanol–water partition coefficient (Wildman–Crippen LogP) is 0.895. The van der Waals surface area contributed by atoms with E-state index in [0.717, 1.165) is 5.82 Å². The standard InChI is InChI=1S/C10H18N4O.2ClH/c1-7(2)9(11)10(15)14-4-3-8-12-5-6-13-8;;/h5-7,9H,3-4,11H2,1-2H3,(H,12,13)(H,14,15);2*1H. The minimum absolute atomic E-state index is 0. The van der Waals surface area contributed by atoms with Gasteiger partial charge in [0, 0.05) is 25.4 Å². The van der Waals surface area contributed by atoms with Crippen molar-refractivity contribution in [2.45, 2.75) is 26.3 Å². The van der Waals surface area contributed by atoms with Crippen LogP contribution in [0.3, 0.4) is 0 Å². The van der Waals surface area contributed by atoms with Gasteiger partial charge in [0.1, 0.15) is 5.82 Å². The zero-order valence-electron chi connectivity index (χ0n) is 9.97. The summed E-state index contributed by atoms with van der Waals surface area (Å²) in [5, 5.41) is 2.78. The fraction of sp³-hybridized carbons (Fsp3) is 0.600.